The number of benzene rings is 2. The molecule has 7 nitrogen and oxygen atoms in total. The van der Waals surface area contributed by atoms with Crippen molar-refractivity contribution in [2.75, 3.05) is 16.6 Å². The topological polar surface area (TPSA) is 73.3 Å². The van der Waals surface area contributed by atoms with Crippen LogP contribution in [-0.4, -0.2) is 27.8 Å². The number of rotatable bonds is 3. The van der Waals surface area contributed by atoms with Crippen LogP contribution in [0.25, 0.3) is 0 Å². The fourth-order valence-electron chi connectivity index (χ4n) is 3.40. The Balaban J connectivity index is 1.82. The van der Waals surface area contributed by atoms with Crippen molar-refractivity contribution in [3.05, 3.63) is 71.4 Å². The number of halogens is 3. The molecule has 1 amide bonds. The van der Waals surface area contributed by atoms with Gasteiger partial charge < -0.3 is 5.11 Å². The van der Waals surface area contributed by atoms with Crippen LogP contribution in [-0.2, 0) is 6.18 Å². The zero-order valence-electron chi connectivity index (χ0n) is 15.2. The summed E-state index contributed by atoms with van der Waals surface area (Å²) in [7, 11) is 0. The van der Waals surface area contributed by atoms with Crippen molar-refractivity contribution in [1.82, 2.24) is 10.2 Å². The Bertz CT molecular complexity index is 991. The highest BCUT2D eigenvalue weighted by atomic mass is 19.4. The molecule has 0 fully saturated rings. The number of anilines is 2. The lowest BCUT2D eigenvalue weighted by molar-refractivity contribution is -0.314. The summed E-state index contributed by atoms with van der Waals surface area (Å²) in [6, 6.07) is 10.3. The summed E-state index contributed by atoms with van der Waals surface area (Å²) < 4.78 is 38.5. The van der Waals surface area contributed by atoms with E-state index in [4.69, 9.17) is 0 Å². The van der Waals surface area contributed by atoms with Crippen LogP contribution in [0.1, 0.15) is 29.3 Å². The third kappa shape index (κ3) is 2.88. The van der Waals surface area contributed by atoms with E-state index in [9.17, 15) is 28.3 Å². The summed E-state index contributed by atoms with van der Waals surface area (Å²) in [4.78, 5) is 14.1. The predicted molar refractivity (Wildman–Crippen MR) is 94.8 cm³/mol. The van der Waals surface area contributed by atoms with Gasteiger partial charge in [0.15, 0.2) is 0 Å². The number of hydrogen-bond acceptors (Lipinski definition) is 6. The third-order valence-electron chi connectivity index (χ3n) is 4.69. The SMILES string of the molecule is CCCN1C(=O)c2ccccc2N2C1=C([O-])N(c1ccc(C(F)(F)F)cc1)N2O. The molecule has 2 aliphatic rings. The molecule has 0 aliphatic carbocycles. The molecule has 0 unspecified atom stereocenters. The van der Waals surface area contributed by atoms with Crippen LogP contribution < -0.4 is 15.1 Å². The fraction of sp³-hybridized carbons (Fsp3) is 0.211. The molecule has 0 spiro atoms. The Hall–Kier alpha value is -3.24. The van der Waals surface area contributed by atoms with Crippen LogP contribution in [0.2, 0.25) is 0 Å². The van der Waals surface area contributed by atoms with Gasteiger partial charge in [0.05, 0.1) is 22.5 Å². The standard InChI is InChI=1S/C19H17F3N4O3/c1-2-11-23-16-18(28)24(13-9-7-12(8-10-13)19(20,21)22)26(29)25(16)15-6-4-3-5-14(15)17(23)27/h3-10,28-29H,2,11H2,1H3/p-1. The summed E-state index contributed by atoms with van der Waals surface area (Å²) in [6.07, 6.45) is -3.97. The van der Waals surface area contributed by atoms with E-state index in [1.54, 1.807) is 24.3 Å². The third-order valence-corrected chi connectivity index (χ3v) is 4.69. The molecule has 0 aromatic heterocycles. The number of alkyl halides is 3. The molecule has 2 heterocycles. The van der Waals surface area contributed by atoms with E-state index in [1.807, 2.05) is 6.92 Å². The first-order chi connectivity index (χ1) is 13.8. The second kappa shape index (κ2) is 6.68. The number of nitrogens with zero attached hydrogens (tertiary/aromatic N) is 4. The number of hydrazine groups is 2. The first-order valence-electron chi connectivity index (χ1n) is 8.84. The smallest absolute Gasteiger partial charge is 0.416 e. The highest BCUT2D eigenvalue weighted by Crippen LogP contribution is 2.41. The van der Waals surface area contributed by atoms with E-state index in [1.165, 1.54) is 9.91 Å². The van der Waals surface area contributed by atoms with Crippen LogP contribution in [0, 0.1) is 0 Å². The second-order valence-electron chi connectivity index (χ2n) is 6.54. The first-order valence-corrected chi connectivity index (χ1v) is 8.84. The molecule has 0 atom stereocenters. The molecule has 0 bridgehead atoms. The average Bonchev–Trinajstić information content (AvgIpc) is 2.95. The van der Waals surface area contributed by atoms with Gasteiger partial charge in [-0.05, 0) is 42.8 Å². The number of carbonyl (C=O) groups excluding carboxylic acids is 1. The van der Waals surface area contributed by atoms with Gasteiger partial charge in [-0.25, -0.2) is 10.0 Å². The number of para-hydroxylation sites is 1. The van der Waals surface area contributed by atoms with Crippen LogP contribution >= 0.6 is 0 Å². The molecule has 2 aromatic rings. The van der Waals surface area contributed by atoms with Crippen molar-refractivity contribution in [2.24, 2.45) is 0 Å². The van der Waals surface area contributed by atoms with Crippen LogP contribution in [0.3, 0.4) is 0 Å². The molecule has 0 radical (unpaired) electrons. The quantitative estimate of drug-likeness (QED) is 0.847. The van der Waals surface area contributed by atoms with E-state index in [2.05, 4.69) is 0 Å². The minimum absolute atomic E-state index is 0.0220. The van der Waals surface area contributed by atoms with Crippen molar-refractivity contribution >= 4 is 17.3 Å². The first kappa shape index (κ1) is 19.1. The molecular formula is C19H16F3N4O3-. The second-order valence-corrected chi connectivity index (χ2v) is 6.54. The fourth-order valence-corrected chi connectivity index (χ4v) is 3.40. The van der Waals surface area contributed by atoms with Gasteiger partial charge in [0.1, 0.15) is 5.82 Å². The molecule has 10 heteroatoms. The maximum Gasteiger partial charge on any atom is 0.416 e. The van der Waals surface area contributed by atoms with Crippen molar-refractivity contribution in [2.45, 2.75) is 19.5 Å². The normalized spacial score (nSPS) is 17.1. The van der Waals surface area contributed by atoms with Crippen molar-refractivity contribution < 1.29 is 28.3 Å². The maximum atomic E-state index is 13.1. The molecule has 2 aromatic carbocycles. The van der Waals surface area contributed by atoms with Crippen LogP contribution in [0.5, 0.6) is 0 Å². The van der Waals surface area contributed by atoms with E-state index in [0.29, 0.717) is 23.0 Å². The van der Waals surface area contributed by atoms with Crippen molar-refractivity contribution in [1.29, 1.82) is 0 Å². The van der Waals surface area contributed by atoms with Gasteiger partial charge in [-0.1, -0.05) is 19.1 Å². The summed E-state index contributed by atoms with van der Waals surface area (Å²) in [5, 5.41) is 26.3. The summed E-state index contributed by atoms with van der Waals surface area (Å²) in [5.74, 6) is -1.20. The maximum absolute atomic E-state index is 13.1. The highest BCUT2D eigenvalue weighted by Gasteiger charge is 2.44. The van der Waals surface area contributed by atoms with E-state index >= 15 is 0 Å². The lowest BCUT2D eigenvalue weighted by atomic mass is 10.1. The van der Waals surface area contributed by atoms with Crippen LogP contribution in [0.4, 0.5) is 24.5 Å². The lowest BCUT2D eigenvalue weighted by Gasteiger charge is -2.38. The Morgan fingerprint density at radius 1 is 1.03 bits per heavy atom. The molecule has 1 N–H and O–H groups in total. The summed E-state index contributed by atoms with van der Waals surface area (Å²) in [6.45, 7) is 2.07. The lowest BCUT2D eigenvalue weighted by Crippen LogP contribution is -2.50. The largest absolute Gasteiger partial charge is 0.856 e. The zero-order chi connectivity index (χ0) is 20.9. The van der Waals surface area contributed by atoms with Gasteiger partial charge in [-0.2, -0.15) is 13.2 Å². The monoisotopic (exact) mass is 405 g/mol. The number of carbonyl (C=O) groups is 1. The predicted octanol–water partition coefficient (Wildman–Crippen LogP) is 2.91. The van der Waals surface area contributed by atoms with Crippen molar-refractivity contribution in [3.8, 4) is 0 Å². The minimum atomic E-state index is -4.53. The molecule has 0 saturated carbocycles. The van der Waals surface area contributed by atoms with Crippen LogP contribution in [0.15, 0.2) is 60.2 Å². The Morgan fingerprint density at radius 2 is 1.69 bits per heavy atom. The molecule has 4 rings (SSSR count). The summed E-state index contributed by atoms with van der Waals surface area (Å²) in [5.41, 5.74) is -0.263. The van der Waals surface area contributed by atoms with Gasteiger partial charge in [0, 0.05) is 17.7 Å². The van der Waals surface area contributed by atoms with E-state index in [-0.39, 0.29) is 24.0 Å². The molecule has 0 saturated heterocycles. The molecular weight excluding hydrogens is 389 g/mol. The number of amides is 1. The van der Waals surface area contributed by atoms with E-state index < -0.39 is 17.6 Å². The average molecular weight is 405 g/mol. The van der Waals surface area contributed by atoms with Gasteiger partial charge in [0.25, 0.3) is 5.91 Å². The molecule has 29 heavy (non-hydrogen) atoms. The van der Waals surface area contributed by atoms with Gasteiger partial charge in [-0.3, -0.25) is 14.9 Å². The number of hydrogen-bond donors (Lipinski definition) is 1. The minimum Gasteiger partial charge on any atom is -0.856 e. The summed E-state index contributed by atoms with van der Waals surface area (Å²) >= 11 is 0. The van der Waals surface area contributed by atoms with Crippen molar-refractivity contribution in [3.63, 3.8) is 0 Å². The Labute approximate surface area is 164 Å². The Morgan fingerprint density at radius 3 is 2.31 bits per heavy atom. The van der Waals surface area contributed by atoms with Gasteiger partial charge >= 0.3 is 6.18 Å². The van der Waals surface area contributed by atoms with Gasteiger partial charge in [-0.15, -0.1) is 0 Å². The Kier molecular flexibility index (Phi) is 4.39. The van der Waals surface area contributed by atoms with E-state index in [0.717, 1.165) is 29.3 Å². The number of fused-ring (bicyclic) bond motifs is 3. The molecule has 2 aliphatic heterocycles. The van der Waals surface area contributed by atoms with Gasteiger partial charge in [0.2, 0.25) is 0 Å². The zero-order valence-corrected chi connectivity index (χ0v) is 15.2. The highest BCUT2D eigenvalue weighted by molar-refractivity contribution is 6.03. The molecule has 152 valence electrons.